The van der Waals surface area contributed by atoms with E-state index in [4.69, 9.17) is 9.72 Å². The highest BCUT2D eigenvalue weighted by atomic mass is 16.5. The van der Waals surface area contributed by atoms with Crippen molar-refractivity contribution in [3.8, 4) is 5.75 Å². The van der Waals surface area contributed by atoms with Crippen LogP contribution in [0.2, 0.25) is 0 Å². The highest BCUT2D eigenvalue weighted by Crippen LogP contribution is 2.38. The molecule has 1 aliphatic carbocycles. The molecule has 26 heavy (non-hydrogen) atoms. The van der Waals surface area contributed by atoms with Crippen molar-refractivity contribution < 1.29 is 4.74 Å². The quantitative estimate of drug-likeness (QED) is 0.896. The number of hydrogen-bond acceptors (Lipinski definition) is 5. The highest BCUT2D eigenvalue weighted by Gasteiger charge is 2.27. The van der Waals surface area contributed by atoms with Gasteiger partial charge in [0.05, 0.1) is 6.61 Å². The van der Waals surface area contributed by atoms with Crippen LogP contribution in [0.15, 0.2) is 30.5 Å². The number of aromatic nitrogens is 2. The summed E-state index contributed by atoms with van der Waals surface area (Å²) in [6.45, 7) is 4.14. The van der Waals surface area contributed by atoms with Gasteiger partial charge in [-0.05, 0) is 48.9 Å². The molecule has 0 unspecified atom stereocenters. The second-order valence-corrected chi connectivity index (χ2v) is 7.81. The number of nitrogens with one attached hydrogen (secondary N) is 1. The zero-order chi connectivity index (χ0) is 17.3. The van der Waals surface area contributed by atoms with Crippen molar-refractivity contribution in [1.82, 2.24) is 14.9 Å². The molecule has 3 aliphatic rings. The molecule has 5 heteroatoms. The van der Waals surface area contributed by atoms with E-state index in [9.17, 15) is 0 Å². The van der Waals surface area contributed by atoms with Gasteiger partial charge in [-0.25, -0.2) is 9.97 Å². The van der Waals surface area contributed by atoms with Crippen molar-refractivity contribution in [2.24, 2.45) is 0 Å². The first kappa shape index (κ1) is 16.1. The maximum absolute atomic E-state index is 5.61. The van der Waals surface area contributed by atoms with Crippen molar-refractivity contribution in [2.45, 2.75) is 50.6 Å². The van der Waals surface area contributed by atoms with Crippen LogP contribution in [0.5, 0.6) is 5.75 Å². The molecule has 1 N–H and O–H groups in total. The monoisotopic (exact) mass is 350 g/mol. The minimum Gasteiger partial charge on any atom is -0.493 e. The molecule has 2 aliphatic heterocycles. The summed E-state index contributed by atoms with van der Waals surface area (Å²) in [5, 5.41) is 3.63. The van der Waals surface area contributed by atoms with Gasteiger partial charge in [-0.3, -0.25) is 4.90 Å². The van der Waals surface area contributed by atoms with E-state index in [0.717, 1.165) is 62.9 Å². The van der Waals surface area contributed by atoms with E-state index < -0.39 is 0 Å². The number of rotatable bonds is 5. The van der Waals surface area contributed by atoms with Gasteiger partial charge >= 0.3 is 0 Å². The van der Waals surface area contributed by atoms with Gasteiger partial charge in [0.25, 0.3) is 0 Å². The van der Waals surface area contributed by atoms with Gasteiger partial charge in [0, 0.05) is 44.2 Å². The van der Waals surface area contributed by atoms with Gasteiger partial charge in [-0.2, -0.15) is 0 Å². The van der Waals surface area contributed by atoms with Crippen LogP contribution in [0.25, 0.3) is 0 Å². The lowest BCUT2D eigenvalue weighted by Crippen LogP contribution is -2.38. The van der Waals surface area contributed by atoms with Gasteiger partial charge in [-0.15, -0.1) is 0 Å². The Labute approximate surface area is 154 Å². The van der Waals surface area contributed by atoms with Crippen LogP contribution in [0.1, 0.15) is 48.6 Å². The maximum Gasteiger partial charge on any atom is 0.133 e. The molecular formula is C21H26N4O. The number of benzene rings is 1. The van der Waals surface area contributed by atoms with E-state index in [1.54, 1.807) is 0 Å². The van der Waals surface area contributed by atoms with Gasteiger partial charge in [0.15, 0.2) is 0 Å². The Morgan fingerprint density at radius 2 is 2.00 bits per heavy atom. The fourth-order valence-electron chi connectivity index (χ4n) is 4.03. The summed E-state index contributed by atoms with van der Waals surface area (Å²) in [6, 6.07) is 9.20. The maximum atomic E-state index is 5.61. The largest absolute Gasteiger partial charge is 0.493 e. The topological polar surface area (TPSA) is 50.3 Å². The lowest BCUT2D eigenvalue weighted by atomic mass is 10.0. The van der Waals surface area contributed by atoms with Crippen LogP contribution < -0.4 is 10.1 Å². The number of ether oxygens (including phenoxy) is 1. The molecule has 1 aromatic carbocycles. The third-order valence-electron chi connectivity index (χ3n) is 5.72. The molecule has 1 aromatic heterocycles. The van der Waals surface area contributed by atoms with Gasteiger partial charge in [0.2, 0.25) is 0 Å². The minimum atomic E-state index is 0.515. The normalized spacial score (nSPS) is 20.6. The lowest BCUT2D eigenvalue weighted by Gasteiger charge is -2.32. The van der Waals surface area contributed by atoms with Gasteiger partial charge in [-0.1, -0.05) is 12.1 Å². The molecule has 2 fully saturated rings. The van der Waals surface area contributed by atoms with Crippen molar-refractivity contribution in [1.29, 1.82) is 0 Å². The molecule has 0 amide bonds. The molecule has 0 radical (unpaired) electrons. The fraction of sp³-hybridized carbons (Fsp3) is 0.524. The molecule has 2 aromatic rings. The molecule has 1 saturated carbocycles. The number of piperidine rings is 1. The Balaban J connectivity index is 1.14. The number of anilines is 1. The van der Waals surface area contributed by atoms with E-state index >= 15 is 0 Å². The summed E-state index contributed by atoms with van der Waals surface area (Å²) >= 11 is 0. The van der Waals surface area contributed by atoms with Crippen LogP contribution >= 0.6 is 0 Å². The lowest BCUT2D eigenvalue weighted by molar-refractivity contribution is 0.211. The molecular weight excluding hydrogens is 324 g/mol. The number of hydrogen-bond donors (Lipinski definition) is 1. The second kappa shape index (κ2) is 6.88. The fourth-order valence-corrected chi connectivity index (χ4v) is 4.03. The zero-order valence-corrected chi connectivity index (χ0v) is 15.2. The van der Waals surface area contributed by atoms with Crippen molar-refractivity contribution in [3.05, 3.63) is 47.4 Å². The molecule has 5 rings (SSSR count). The Morgan fingerprint density at radius 3 is 2.85 bits per heavy atom. The molecule has 1 saturated heterocycles. The third-order valence-corrected chi connectivity index (χ3v) is 5.72. The molecule has 0 atom stereocenters. The van der Waals surface area contributed by atoms with Gasteiger partial charge in [0.1, 0.15) is 17.4 Å². The van der Waals surface area contributed by atoms with Gasteiger partial charge < -0.3 is 10.1 Å². The van der Waals surface area contributed by atoms with E-state index in [1.807, 2.05) is 12.3 Å². The SMILES string of the molecule is c1cc(NC2CCN(Cc3ccc4c(c3)CCO4)CC2)nc(C2CC2)n1. The molecule has 0 spiro atoms. The van der Waals surface area contributed by atoms with Crippen molar-refractivity contribution in [3.63, 3.8) is 0 Å². The minimum absolute atomic E-state index is 0.515. The van der Waals surface area contributed by atoms with Crippen LogP contribution in [0, 0.1) is 0 Å². The summed E-state index contributed by atoms with van der Waals surface area (Å²) in [7, 11) is 0. The standard InChI is InChI=1S/C21H26N4O/c1-4-19-17(8-12-26-19)13-15(1)14-25-10-6-18(7-11-25)23-20-5-9-22-21(24-20)16-2-3-16/h1,4-5,9,13,16,18H,2-3,6-8,10-12,14H2,(H,22,23,24). The first-order valence-corrected chi connectivity index (χ1v) is 9.90. The van der Waals surface area contributed by atoms with E-state index in [-0.39, 0.29) is 0 Å². The predicted octanol–water partition coefficient (Wildman–Crippen LogP) is 3.37. The molecule has 136 valence electrons. The molecule has 0 bridgehead atoms. The summed E-state index contributed by atoms with van der Waals surface area (Å²) in [6.07, 6.45) is 7.77. The van der Waals surface area contributed by atoms with Crippen LogP contribution in [0.4, 0.5) is 5.82 Å². The van der Waals surface area contributed by atoms with Crippen molar-refractivity contribution >= 4 is 5.82 Å². The second-order valence-electron chi connectivity index (χ2n) is 7.81. The smallest absolute Gasteiger partial charge is 0.133 e. The first-order chi connectivity index (χ1) is 12.8. The average Bonchev–Trinajstić information content (AvgIpc) is 3.42. The summed E-state index contributed by atoms with van der Waals surface area (Å²) in [5.41, 5.74) is 2.78. The first-order valence-electron chi connectivity index (χ1n) is 9.90. The third kappa shape index (κ3) is 3.54. The number of fused-ring (bicyclic) bond motifs is 1. The van der Waals surface area contributed by atoms with E-state index in [0.29, 0.717) is 12.0 Å². The highest BCUT2D eigenvalue weighted by molar-refractivity contribution is 5.40. The van der Waals surface area contributed by atoms with E-state index in [1.165, 1.54) is 24.0 Å². The molecule has 3 heterocycles. The number of nitrogens with zero attached hydrogens (tertiary/aromatic N) is 3. The van der Waals surface area contributed by atoms with Crippen LogP contribution in [0.3, 0.4) is 0 Å². The summed E-state index contributed by atoms with van der Waals surface area (Å²) in [4.78, 5) is 11.7. The van der Waals surface area contributed by atoms with Crippen LogP contribution in [-0.2, 0) is 13.0 Å². The average molecular weight is 350 g/mol. The van der Waals surface area contributed by atoms with Crippen LogP contribution in [-0.4, -0.2) is 40.6 Å². The van der Waals surface area contributed by atoms with Crippen molar-refractivity contribution in [2.75, 3.05) is 25.0 Å². The Hall–Kier alpha value is -2.14. The van der Waals surface area contributed by atoms with E-state index in [2.05, 4.69) is 33.4 Å². The summed E-state index contributed by atoms with van der Waals surface area (Å²) in [5.74, 6) is 3.70. The number of likely N-dealkylation sites (tertiary alicyclic amines) is 1. The zero-order valence-electron chi connectivity index (χ0n) is 15.2. The summed E-state index contributed by atoms with van der Waals surface area (Å²) < 4.78 is 5.61. The predicted molar refractivity (Wildman–Crippen MR) is 102 cm³/mol. The Kier molecular flexibility index (Phi) is 4.25. The Morgan fingerprint density at radius 1 is 1.12 bits per heavy atom. The molecule has 5 nitrogen and oxygen atoms in total. The Bertz CT molecular complexity index is 781.